The summed E-state index contributed by atoms with van der Waals surface area (Å²) in [6.45, 7) is 6.53. The van der Waals surface area contributed by atoms with Crippen LogP contribution in [0.25, 0.3) is 0 Å². The summed E-state index contributed by atoms with van der Waals surface area (Å²) < 4.78 is 16.9. The topological polar surface area (TPSA) is 51.8 Å². The van der Waals surface area contributed by atoms with Gasteiger partial charge in [0.1, 0.15) is 11.4 Å². The lowest BCUT2D eigenvalue weighted by Gasteiger charge is -2.38. The van der Waals surface area contributed by atoms with Crippen molar-refractivity contribution in [2.24, 2.45) is 0 Å². The summed E-state index contributed by atoms with van der Waals surface area (Å²) >= 11 is 5.55. The average Bonchev–Trinajstić information content (AvgIpc) is 3.02. The maximum atomic E-state index is 6.12. The smallest absolute Gasteiger partial charge is 0.231 e. The van der Waals surface area contributed by atoms with E-state index in [2.05, 4.69) is 43.5 Å². The molecule has 6 heteroatoms. The lowest BCUT2D eigenvalue weighted by Crippen LogP contribution is -2.42. The second-order valence-electron chi connectivity index (χ2n) is 7.33. The molecule has 0 saturated heterocycles. The number of fused-ring (bicyclic) bond motifs is 2. The second kappa shape index (κ2) is 6.36. The highest BCUT2D eigenvalue weighted by molar-refractivity contribution is 7.80. The quantitative estimate of drug-likeness (QED) is 0.768. The standard InChI is InChI=1S/C20H22N2O3S/c1-12-4-6-16-14(8-12)15(10-20(2,3)25-16)22-19(26)21-13-5-7-17-18(9-13)24-11-23-17/h4-9,15H,10-11H2,1-3H3,(H2,21,22,26)/t15-/m0/s1. The molecule has 0 bridgehead atoms. The minimum Gasteiger partial charge on any atom is -0.487 e. The second-order valence-corrected chi connectivity index (χ2v) is 7.73. The van der Waals surface area contributed by atoms with Gasteiger partial charge in [-0.2, -0.15) is 0 Å². The fraction of sp³-hybridized carbons (Fsp3) is 0.350. The number of aryl methyl sites for hydroxylation is 1. The number of anilines is 1. The number of nitrogens with one attached hydrogen (secondary N) is 2. The summed E-state index contributed by atoms with van der Waals surface area (Å²) in [6.07, 6.45) is 0.826. The van der Waals surface area contributed by atoms with E-state index in [1.165, 1.54) is 5.56 Å². The first-order valence-electron chi connectivity index (χ1n) is 8.66. The highest BCUT2D eigenvalue weighted by Gasteiger charge is 2.34. The van der Waals surface area contributed by atoms with E-state index in [4.69, 9.17) is 26.4 Å². The Kier molecular flexibility index (Phi) is 4.15. The van der Waals surface area contributed by atoms with Crippen molar-refractivity contribution in [1.29, 1.82) is 0 Å². The number of hydrogen-bond donors (Lipinski definition) is 2. The molecule has 2 N–H and O–H groups in total. The zero-order chi connectivity index (χ0) is 18.3. The van der Waals surface area contributed by atoms with Crippen molar-refractivity contribution >= 4 is 23.0 Å². The van der Waals surface area contributed by atoms with E-state index >= 15 is 0 Å². The molecule has 0 radical (unpaired) electrons. The van der Waals surface area contributed by atoms with Gasteiger partial charge < -0.3 is 24.8 Å². The monoisotopic (exact) mass is 370 g/mol. The molecule has 0 amide bonds. The largest absolute Gasteiger partial charge is 0.487 e. The van der Waals surface area contributed by atoms with Crippen LogP contribution in [0.4, 0.5) is 5.69 Å². The minimum atomic E-state index is -0.256. The van der Waals surface area contributed by atoms with Crippen LogP contribution in [0.1, 0.15) is 37.4 Å². The molecule has 2 aliphatic rings. The molecule has 2 heterocycles. The van der Waals surface area contributed by atoms with Gasteiger partial charge >= 0.3 is 0 Å². The van der Waals surface area contributed by atoms with Gasteiger partial charge in [-0.05, 0) is 51.2 Å². The Morgan fingerprint density at radius 1 is 1.08 bits per heavy atom. The van der Waals surface area contributed by atoms with Crippen LogP contribution < -0.4 is 24.8 Å². The molecule has 136 valence electrons. The highest BCUT2D eigenvalue weighted by atomic mass is 32.1. The van der Waals surface area contributed by atoms with E-state index in [0.717, 1.165) is 34.9 Å². The van der Waals surface area contributed by atoms with E-state index in [0.29, 0.717) is 5.11 Å². The van der Waals surface area contributed by atoms with Gasteiger partial charge in [0.2, 0.25) is 6.79 Å². The van der Waals surface area contributed by atoms with Gasteiger partial charge in [0.25, 0.3) is 0 Å². The third-order valence-corrected chi connectivity index (χ3v) is 4.78. The summed E-state index contributed by atoms with van der Waals surface area (Å²) in [5.41, 5.74) is 2.95. The van der Waals surface area contributed by atoms with E-state index in [1.54, 1.807) is 0 Å². The molecule has 0 saturated carbocycles. The molecule has 26 heavy (non-hydrogen) atoms. The molecular formula is C20H22N2O3S. The van der Waals surface area contributed by atoms with Gasteiger partial charge in [0.05, 0.1) is 6.04 Å². The zero-order valence-electron chi connectivity index (χ0n) is 15.1. The van der Waals surface area contributed by atoms with Gasteiger partial charge in [-0.15, -0.1) is 0 Å². The molecule has 0 aromatic heterocycles. The first kappa shape index (κ1) is 17.0. The maximum absolute atomic E-state index is 6.12. The Bertz CT molecular complexity index is 866. The fourth-order valence-electron chi connectivity index (χ4n) is 3.40. The highest BCUT2D eigenvalue weighted by Crippen LogP contribution is 2.40. The Morgan fingerprint density at radius 3 is 2.69 bits per heavy atom. The number of thiocarbonyl (C=S) groups is 1. The van der Waals surface area contributed by atoms with Crippen LogP contribution in [-0.2, 0) is 0 Å². The van der Waals surface area contributed by atoms with Crippen LogP contribution in [0.15, 0.2) is 36.4 Å². The number of ether oxygens (including phenoxy) is 3. The first-order valence-corrected chi connectivity index (χ1v) is 9.07. The molecular weight excluding hydrogens is 348 g/mol. The number of benzene rings is 2. The molecule has 2 aromatic rings. The predicted octanol–water partition coefficient (Wildman–Crippen LogP) is 4.31. The Labute approximate surface area is 158 Å². The van der Waals surface area contributed by atoms with Gasteiger partial charge in [-0.1, -0.05) is 17.7 Å². The van der Waals surface area contributed by atoms with Crippen LogP contribution in [0.2, 0.25) is 0 Å². The summed E-state index contributed by atoms with van der Waals surface area (Å²) in [5, 5.41) is 7.25. The number of hydrogen-bond acceptors (Lipinski definition) is 4. The van der Waals surface area contributed by atoms with Crippen LogP contribution in [-0.4, -0.2) is 17.5 Å². The van der Waals surface area contributed by atoms with E-state index in [-0.39, 0.29) is 18.4 Å². The third kappa shape index (κ3) is 3.42. The molecule has 2 aliphatic heterocycles. The number of rotatable bonds is 2. The maximum Gasteiger partial charge on any atom is 0.231 e. The van der Waals surface area contributed by atoms with Crippen molar-refractivity contribution in [3.05, 3.63) is 47.5 Å². The average molecular weight is 370 g/mol. The zero-order valence-corrected chi connectivity index (χ0v) is 15.9. The SMILES string of the molecule is Cc1ccc2c(c1)[C@@H](NC(=S)Nc1ccc3c(c1)OCO3)CC(C)(C)O2. The van der Waals surface area contributed by atoms with E-state index in [9.17, 15) is 0 Å². The van der Waals surface area contributed by atoms with E-state index < -0.39 is 0 Å². The van der Waals surface area contributed by atoms with Crippen LogP contribution in [0.5, 0.6) is 17.2 Å². The van der Waals surface area contributed by atoms with Gasteiger partial charge in [-0.3, -0.25) is 0 Å². The predicted molar refractivity (Wildman–Crippen MR) is 105 cm³/mol. The van der Waals surface area contributed by atoms with Crippen molar-refractivity contribution in [3.8, 4) is 17.2 Å². The van der Waals surface area contributed by atoms with Gasteiger partial charge in [0.15, 0.2) is 16.6 Å². The third-order valence-electron chi connectivity index (χ3n) is 4.56. The van der Waals surface area contributed by atoms with Crippen molar-refractivity contribution in [2.45, 2.75) is 38.8 Å². The summed E-state index contributed by atoms with van der Waals surface area (Å²) in [5.74, 6) is 2.39. The van der Waals surface area contributed by atoms with Crippen LogP contribution in [0.3, 0.4) is 0 Å². The Balaban J connectivity index is 1.51. The van der Waals surface area contributed by atoms with Crippen molar-refractivity contribution in [3.63, 3.8) is 0 Å². The van der Waals surface area contributed by atoms with Gasteiger partial charge in [-0.25, -0.2) is 0 Å². The Hall–Kier alpha value is -2.47. The van der Waals surface area contributed by atoms with Crippen molar-refractivity contribution in [2.75, 3.05) is 12.1 Å². The summed E-state index contributed by atoms with van der Waals surface area (Å²) in [4.78, 5) is 0. The van der Waals surface area contributed by atoms with Gasteiger partial charge in [0, 0.05) is 23.7 Å². The minimum absolute atomic E-state index is 0.0858. The first-order chi connectivity index (χ1) is 12.4. The van der Waals surface area contributed by atoms with Crippen molar-refractivity contribution < 1.29 is 14.2 Å². The summed E-state index contributed by atoms with van der Waals surface area (Å²) in [6, 6.07) is 12.0. The normalized spacial score (nSPS) is 19.3. The van der Waals surface area contributed by atoms with E-state index in [1.807, 2.05) is 24.3 Å². The van der Waals surface area contributed by atoms with Crippen LogP contribution >= 0.6 is 12.2 Å². The Morgan fingerprint density at radius 2 is 1.85 bits per heavy atom. The van der Waals surface area contributed by atoms with Crippen LogP contribution in [0, 0.1) is 6.92 Å². The summed E-state index contributed by atoms with van der Waals surface area (Å²) in [7, 11) is 0. The lowest BCUT2D eigenvalue weighted by atomic mass is 9.89. The molecule has 1 atom stereocenters. The lowest BCUT2D eigenvalue weighted by molar-refractivity contribution is 0.0696. The molecule has 0 aliphatic carbocycles. The molecule has 2 aromatic carbocycles. The van der Waals surface area contributed by atoms with Crippen molar-refractivity contribution in [1.82, 2.24) is 5.32 Å². The molecule has 0 spiro atoms. The molecule has 4 rings (SSSR count). The molecule has 0 unspecified atom stereocenters. The fourth-order valence-corrected chi connectivity index (χ4v) is 3.66. The molecule has 5 nitrogen and oxygen atoms in total. The molecule has 0 fully saturated rings.